The van der Waals surface area contributed by atoms with Crippen molar-refractivity contribution in [3.8, 4) is 5.75 Å². The number of ether oxygens (including phenoxy) is 1. The summed E-state index contributed by atoms with van der Waals surface area (Å²) in [7, 11) is -2.15. The molecule has 0 bridgehead atoms. The number of nitrogens with one attached hydrogen (secondary N) is 1. The Morgan fingerprint density at radius 2 is 1.85 bits per heavy atom. The summed E-state index contributed by atoms with van der Waals surface area (Å²) in [6.45, 7) is 1.18. The van der Waals surface area contributed by atoms with E-state index in [0.29, 0.717) is 19.0 Å². The van der Waals surface area contributed by atoms with Crippen LogP contribution in [0.4, 0.5) is 4.79 Å². The van der Waals surface area contributed by atoms with Crippen molar-refractivity contribution in [1.82, 2.24) is 9.62 Å². The Balaban J connectivity index is 1.33. The number of urea groups is 1. The third-order valence-corrected chi connectivity index (χ3v) is 7.64. The molecule has 8 heteroatoms. The predicted octanol–water partition coefficient (Wildman–Crippen LogP) is 5.98. The minimum atomic E-state index is -3.84. The van der Waals surface area contributed by atoms with Crippen LogP contribution in [0.2, 0.25) is 0 Å². The number of hydrogen-bond acceptors (Lipinski definition) is 4. The van der Waals surface area contributed by atoms with Crippen molar-refractivity contribution in [2.75, 3.05) is 20.2 Å². The van der Waals surface area contributed by atoms with Crippen LogP contribution in [0.15, 0.2) is 58.4 Å². The summed E-state index contributed by atoms with van der Waals surface area (Å²) in [6, 6.07) is 14.9. The second kappa shape index (κ2) is 13.0. The predicted molar refractivity (Wildman–Crippen MR) is 140 cm³/mol. The van der Waals surface area contributed by atoms with Gasteiger partial charge in [0.2, 0.25) is 0 Å². The molecule has 0 atom stereocenters. The van der Waals surface area contributed by atoms with E-state index in [1.54, 1.807) is 24.1 Å². The number of rotatable bonds is 10. The lowest BCUT2D eigenvalue weighted by atomic mass is 9.91. The van der Waals surface area contributed by atoms with Gasteiger partial charge in [0.25, 0.3) is 10.0 Å². The van der Waals surface area contributed by atoms with Gasteiger partial charge in [0.15, 0.2) is 0 Å². The normalized spacial score (nSPS) is 14.9. The van der Waals surface area contributed by atoms with Crippen LogP contribution in [0.1, 0.15) is 49.7 Å². The van der Waals surface area contributed by atoms with Gasteiger partial charge in [-0.3, -0.25) is 0 Å². The van der Waals surface area contributed by atoms with E-state index < -0.39 is 16.1 Å². The minimum Gasteiger partial charge on any atom is -0.497 e. The number of carbonyl (C=O) groups is 1. The quantitative estimate of drug-likeness (QED) is 0.370. The third kappa shape index (κ3) is 8.80. The molecule has 1 aliphatic rings. The van der Waals surface area contributed by atoms with Gasteiger partial charge in [-0.2, -0.15) is 0 Å². The van der Waals surface area contributed by atoms with E-state index in [1.807, 2.05) is 24.3 Å². The molecule has 2 aromatic carbocycles. The summed E-state index contributed by atoms with van der Waals surface area (Å²) in [5.74, 6) is 1.50. The molecule has 3 rings (SSSR count). The zero-order valence-corrected chi connectivity index (χ0v) is 22.0. The van der Waals surface area contributed by atoms with Gasteiger partial charge in [0.1, 0.15) is 5.75 Å². The fourth-order valence-electron chi connectivity index (χ4n) is 4.15. The molecule has 0 spiro atoms. The molecule has 6 nitrogen and oxygen atoms in total. The highest BCUT2D eigenvalue weighted by atomic mass is 79.9. The smallest absolute Gasteiger partial charge is 0.331 e. The SMILES string of the molecule is COc1cccc(CCCCCC2CCN(C(=O)NS(=O)(=O)/C=C/c3ccc(Br)cc3)CC2)c1. The van der Waals surface area contributed by atoms with E-state index in [1.165, 1.54) is 24.5 Å². The van der Waals surface area contributed by atoms with Crippen LogP contribution in [-0.2, 0) is 16.4 Å². The Labute approximate surface area is 211 Å². The van der Waals surface area contributed by atoms with Gasteiger partial charge in [-0.25, -0.2) is 17.9 Å². The summed E-state index contributed by atoms with van der Waals surface area (Å²) in [6.07, 6.45) is 9.03. The number of halogens is 1. The first-order valence-electron chi connectivity index (χ1n) is 11.7. The lowest BCUT2D eigenvalue weighted by Crippen LogP contribution is -2.45. The average molecular weight is 550 g/mol. The van der Waals surface area contributed by atoms with Crippen molar-refractivity contribution in [2.45, 2.75) is 44.9 Å². The second-order valence-corrected chi connectivity index (χ2v) is 11.2. The molecule has 0 aromatic heterocycles. The molecule has 1 aliphatic heterocycles. The maximum atomic E-state index is 12.4. The summed E-state index contributed by atoms with van der Waals surface area (Å²) in [5.41, 5.74) is 2.05. The van der Waals surface area contributed by atoms with Crippen molar-refractivity contribution in [3.05, 3.63) is 69.5 Å². The first kappa shape index (κ1) is 26.3. The van der Waals surface area contributed by atoms with Crippen molar-refractivity contribution >= 4 is 38.1 Å². The molecule has 1 N–H and O–H groups in total. The maximum Gasteiger partial charge on any atom is 0.331 e. The molecule has 0 radical (unpaired) electrons. The molecule has 0 aliphatic carbocycles. The van der Waals surface area contributed by atoms with Crippen LogP contribution in [0.25, 0.3) is 6.08 Å². The zero-order valence-electron chi connectivity index (χ0n) is 19.6. The lowest BCUT2D eigenvalue weighted by Gasteiger charge is -2.31. The molecular weight excluding hydrogens is 516 g/mol. The molecule has 1 fully saturated rings. The second-order valence-electron chi connectivity index (χ2n) is 8.69. The van der Waals surface area contributed by atoms with E-state index in [2.05, 4.69) is 32.8 Å². The monoisotopic (exact) mass is 548 g/mol. The minimum absolute atomic E-state index is 0.544. The van der Waals surface area contributed by atoms with E-state index in [0.717, 1.165) is 53.3 Å². The summed E-state index contributed by atoms with van der Waals surface area (Å²) < 4.78 is 32.9. The molecule has 1 saturated heterocycles. The van der Waals surface area contributed by atoms with Crippen LogP contribution in [-0.4, -0.2) is 39.5 Å². The molecule has 0 unspecified atom stereocenters. The Morgan fingerprint density at radius 1 is 1.12 bits per heavy atom. The number of sulfonamides is 1. The van der Waals surface area contributed by atoms with Crippen LogP contribution >= 0.6 is 15.9 Å². The first-order valence-corrected chi connectivity index (χ1v) is 14.1. The first-order chi connectivity index (χ1) is 16.3. The van der Waals surface area contributed by atoms with Gasteiger partial charge < -0.3 is 9.64 Å². The highest BCUT2D eigenvalue weighted by molar-refractivity contribution is 9.10. The summed E-state index contributed by atoms with van der Waals surface area (Å²) in [5, 5.41) is 1.03. The van der Waals surface area contributed by atoms with Gasteiger partial charge in [-0.05, 0) is 73.1 Å². The van der Waals surface area contributed by atoms with E-state index in [9.17, 15) is 13.2 Å². The van der Waals surface area contributed by atoms with Crippen molar-refractivity contribution < 1.29 is 17.9 Å². The van der Waals surface area contributed by atoms with Gasteiger partial charge in [0.05, 0.1) is 12.5 Å². The van der Waals surface area contributed by atoms with E-state index >= 15 is 0 Å². The summed E-state index contributed by atoms with van der Waals surface area (Å²) in [4.78, 5) is 14.0. The number of amides is 2. The molecule has 1 heterocycles. The topological polar surface area (TPSA) is 75.7 Å². The standard InChI is InChI=1S/C26H33BrN2O4S/c1-33-25-9-5-8-23(20-25)7-4-2-3-6-21-14-17-29(18-15-21)26(30)28-34(31,32)19-16-22-10-12-24(27)13-11-22/h5,8-13,16,19-21H,2-4,6-7,14-15,17-18H2,1H3,(H,28,30)/b19-16+. The maximum absolute atomic E-state index is 12.4. The van der Waals surface area contributed by atoms with Crippen molar-refractivity contribution in [1.29, 1.82) is 0 Å². The number of aryl methyl sites for hydroxylation is 1. The van der Waals surface area contributed by atoms with Crippen molar-refractivity contribution in [2.24, 2.45) is 5.92 Å². The fraction of sp³-hybridized carbons (Fsp3) is 0.423. The lowest BCUT2D eigenvalue weighted by molar-refractivity contribution is 0.172. The number of carbonyl (C=O) groups excluding carboxylic acids is 1. The molecule has 2 amide bonds. The van der Waals surface area contributed by atoms with Gasteiger partial charge in [-0.15, -0.1) is 0 Å². The van der Waals surface area contributed by atoms with E-state index in [-0.39, 0.29) is 0 Å². The number of methoxy groups -OCH3 is 1. The number of unbranched alkanes of at least 4 members (excludes halogenated alkanes) is 2. The van der Waals surface area contributed by atoms with E-state index in [4.69, 9.17) is 4.74 Å². The van der Waals surface area contributed by atoms with Crippen LogP contribution in [0, 0.1) is 5.92 Å². The summed E-state index contributed by atoms with van der Waals surface area (Å²) >= 11 is 3.34. The van der Waals surface area contributed by atoms with Gasteiger partial charge >= 0.3 is 6.03 Å². The highest BCUT2D eigenvalue weighted by Crippen LogP contribution is 2.24. The number of piperidine rings is 1. The number of benzene rings is 2. The molecule has 2 aromatic rings. The Hall–Kier alpha value is -2.32. The fourth-order valence-corrected chi connectivity index (χ4v) is 5.20. The zero-order chi connectivity index (χ0) is 24.4. The molecular formula is C26H33BrN2O4S. The Morgan fingerprint density at radius 3 is 2.56 bits per heavy atom. The molecule has 184 valence electrons. The Kier molecular flexibility index (Phi) is 10.0. The number of likely N-dealkylation sites (tertiary alicyclic amines) is 1. The van der Waals surface area contributed by atoms with Crippen LogP contribution in [0.5, 0.6) is 5.75 Å². The number of nitrogens with zero attached hydrogens (tertiary/aromatic N) is 1. The average Bonchev–Trinajstić information content (AvgIpc) is 2.84. The largest absolute Gasteiger partial charge is 0.497 e. The highest BCUT2D eigenvalue weighted by Gasteiger charge is 2.24. The van der Waals surface area contributed by atoms with Crippen LogP contribution in [0.3, 0.4) is 0 Å². The van der Waals surface area contributed by atoms with Gasteiger partial charge in [0, 0.05) is 17.6 Å². The van der Waals surface area contributed by atoms with Gasteiger partial charge in [-0.1, -0.05) is 59.5 Å². The van der Waals surface area contributed by atoms with Crippen LogP contribution < -0.4 is 9.46 Å². The number of hydrogen-bond donors (Lipinski definition) is 1. The third-order valence-electron chi connectivity index (χ3n) is 6.15. The Bertz CT molecular complexity index is 1060. The molecule has 0 saturated carbocycles. The van der Waals surface area contributed by atoms with Crippen molar-refractivity contribution in [3.63, 3.8) is 0 Å². The molecule has 34 heavy (non-hydrogen) atoms.